The van der Waals surface area contributed by atoms with Crippen molar-refractivity contribution in [2.45, 2.75) is 84.7 Å². The summed E-state index contributed by atoms with van der Waals surface area (Å²) in [6.45, 7) is 7.25. The molecule has 7 aromatic rings. The predicted molar refractivity (Wildman–Crippen MR) is 248 cm³/mol. The molecule has 0 spiro atoms. The first-order chi connectivity index (χ1) is 33.3. The number of hydrogen-bond donors (Lipinski definition) is 4. The van der Waals surface area contributed by atoms with E-state index in [2.05, 4.69) is 56.4 Å². The maximum atomic E-state index is 13.1. The summed E-state index contributed by atoms with van der Waals surface area (Å²) in [5, 5.41) is 19.2. The molecular formula is C46H45ClF6N14O3. The van der Waals surface area contributed by atoms with Crippen LogP contribution in [0.3, 0.4) is 0 Å². The van der Waals surface area contributed by atoms with Gasteiger partial charge in [-0.25, -0.2) is 34.3 Å². The summed E-state index contributed by atoms with van der Waals surface area (Å²) in [5.41, 5.74) is 3.77. The number of aryl methyl sites for hydroxylation is 2. The first-order valence-electron chi connectivity index (χ1n) is 21.7. The Kier molecular flexibility index (Phi) is 15.3. The molecular weight excluding hydrogens is 946 g/mol. The van der Waals surface area contributed by atoms with Crippen LogP contribution >= 0.6 is 11.6 Å². The lowest BCUT2D eigenvalue weighted by Crippen LogP contribution is -2.14. The molecule has 8 rings (SSSR count). The third kappa shape index (κ3) is 12.3. The van der Waals surface area contributed by atoms with E-state index in [1.807, 2.05) is 0 Å². The zero-order valence-electron chi connectivity index (χ0n) is 38.2. The average Bonchev–Trinajstić information content (AvgIpc) is 3.99. The fourth-order valence-corrected chi connectivity index (χ4v) is 6.97. The standard InChI is InChI=1S/C27H27F3N8O2.C19H18ClF3N6O/c1-4-21(39)35-19-13-32-25(22-23(17-7-8-17)33-14-34-26(22)40-3)36-24(19)31-12-16-5-9-18(10-6-16)38-15(2)11-20(37-38)27(28,29)30;1-3-16(30)26-14-10-25-18(20)27-17(14)24-9-12-4-6-13(7-5-12)29-11(2)8-15(28-29)19(21,22)23/h5-6,9-11,13-14,17H,4,7-8,12H2,1-3H3,(H,35,39)(H,31,32,36);4-8,10H,3,9H2,1-2H3,(H,26,30)(H,24,25,27). The lowest BCUT2D eigenvalue weighted by molar-refractivity contribution is -0.142. The van der Waals surface area contributed by atoms with E-state index in [0.29, 0.717) is 82.6 Å². The molecule has 24 heteroatoms. The van der Waals surface area contributed by atoms with Gasteiger partial charge in [0, 0.05) is 43.2 Å². The maximum absolute atomic E-state index is 13.1. The summed E-state index contributed by atoms with van der Waals surface area (Å²) < 4.78 is 85.7. The van der Waals surface area contributed by atoms with Gasteiger partial charge in [0.15, 0.2) is 28.8 Å². The van der Waals surface area contributed by atoms with E-state index < -0.39 is 23.7 Å². The van der Waals surface area contributed by atoms with Gasteiger partial charge in [-0.3, -0.25) is 9.59 Å². The van der Waals surface area contributed by atoms with Gasteiger partial charge in [-0.05, 0) is 85.8 Å². The molecule has 70 heavy (non-hydrogen) atoms. The van der Waals surface area contributed by atoms with Crippen LogP contribution in [0.1, 0.15) is 85.0 Å². The lowest BCUT2D eigenvalue weighted by Gasteiger charge is -2.15. The van der Waals surface area contributed by atoms with Crippen LogP contribution in [0.2, 0.25) is 5.28 Å². The molecule has 0 radical (unpaired) electrons. The number of nitrogens with zero attached hydrogens (tertiary/aromatic N) is 10. The van der Waals surface area contributed by atoms with E-state index in [0.717, 1.165) is 41.8 Å². The fraction of sp³-hybridized carbons (Fsp3) is 0.304. The van der Waals surface area contributed by atoms with Gasteiger partial charge in [0.25, 0.3) is 0 Å². The van der Waals surface area contributed by atoms with E-state index in [1.165, 1.54) is 35.2 Å². The Labute approximate surface area is 401 Å². The van der Waals surface area contributed by atoms with Gasteiger partial charge in [-0.1, -0.05) is 38.1 Å². The molecule has 1 fully saturated rings. The summed E-state index contributed by atoms with van der Waals surface area (Å²) in [7, 11) is 1.52. The van der Waals surface area contributed by atoms with Crippen molar-refractivity contribution in [3.63, 3.8) is 0 Å². The highest BCUT2D eigenvalue weighted by Gasteiger charge is 2.36. The second-order valence-electron chi connectivity index (χ2n) is 15.8. The van der Waals surface area contributed by atoms with Crippen molar-refractivity contribution in [3.8, 4) is 28.6 Å². The first-order valence-corrected chi connectivity index (χ1v) is 22.1. The second kappa shape index (κ2) is 21.3. The Morgan fingerprint density at radius 2 is 1.17 bits per heavy atom. The molecule has 1 aliphatic rings. The van der Waals surface area contributed by atoms with E-state index in [1.54, 1.807) is 76.2 Å². The lowest BCUT2D eigenvalue weighted by atomic mass is 10.1. The molecule has 5 aromatic heterocycles. The maximum Gasteiger partial charge on any atom is 0.435 e. The number of methoxy groups -OCH3 is 1. The minimum absolute atomic E-state index is 0.0250. The first kappa shape index (κ1) is 50.2. The van der Waals surface area contributed by atoms with Crippen LogP contribution in [-0.2, 0) is 35.0 Å². The topological polar surface area (TPSA) is 204 Å². The average molecular weight is 991 g/mol. The third-order valence-corrected chi connectivity index (χ3v) is 10.8. The van der Waals surface area contributed by atoms with Crippen molar-refractivity contribution in [3.05, 3.63) is 124 Å². The molecule has 1 aliphatic carbocycles. The Morgan fingerprint density at radius 1 is 0.700 bits per heavy atom. The second-order valence-corrected chi connectivity index (χ2v) is 16.1. The number of benzene rings is 2. The van der Waals surface area contributed by atoms with Gasteiger partial charge in [0.2, 0.25) is 23.0 Å². The van der Waals surface area contributed by atoms with Gasteiger partial charge in [0.05, 0.1) is 36.6 Å². The van der Waals surface area contributed by atoms with Gasteiger partial charge in [-0.2, -0.15) is 41.5 Å². The molecule has 1 saturated carbocycles. The number of rotatable bonds is 15. The third-order valence-electron chi connectivity index (χ3n) is 10.6. The van der Waals surface area contributed by atoms with Gasteiger partial charge < -0.3 is 26.0 Å². The number of ether oxygens (including phenoxy) is 1. The van der Waals surface area contributed by atoms with Crippen LogP contribution in [0.4, 0.5) is 49.4 Å². The number of alkyl halides is 6. The number of halogens is 7. The quantitative estimate of drug-likeness (QED) is 0.0559. The largest absolute Gasteiger partial charge is 0.480 e. The molecule has 0 unspecified atom stereocenters. The number of nitrogens with one attached hydrogen (secondary N) is 4. The van der Waals surface area contributed by atoms with Crippen LogP contribution in [-0.4, -0.2) is 68.4 Å². The number of carbonyl (C=O) groups is 2. The van der Waals surface area contributed by atoms with Gasteiger partial charge in [-0.15, -0.1) is 0 Å². The minimum atomic E-state index is -4.52. The molecule has 4 N–H and O–H groups in total. The van der Waals surface area contributed by atoms with Crippen LogP contribution in [0.5, 0.6) is 5.88 Å². The van der Waals surface area contributed by atoms with Gasteiger partial charge in [0.1, 0.15) is 23.3 Å². The Hall–Kier alpha value is -7.69. The summed E-state index contributed by atoms with van der Waals surface area (Å²) in [6.07, 6.45) is -2.02. The molecule has 0 saturated heterocycles. The van der Waals surface area contributed by atoms with E-state index in [4.69, 9.17) is 21.3 Å². The number of hydrogen-bond acceptors (Lipinski definition) is 13. The SMILES string of the molecule is CCC(=O)Nc1cnc(-c2c(OC)ncnc2C2CC2)nc1NCc1ccc(-n2nc(C(F)(F)F)cc2C)cc1.CCC(=O)Nc1cnc(Cl)nc1NCc1ccc(-n2nc(C(F)(F)F)cc2C)cc1. The number of anilines is 4. The zero-order valence-corrected chi connectivity index (χ0v) is 38.9. The molecule has 17 nitrogen and oxygen atoms in total. The molecule has 0 bridgehead atoms. The fourth-order valence-electron chi connectivity index (χ4n) is 6.84. The highest BCUT2D eigenvalue weighted by Crippen LogP contribution is 2.45. The Balaban J connectivity index is 0.000000215. The predicted octanol–water partition coefficient (Wildman–Crippen LogP) is 9.90. The van der Waals surface area contributed by atoms with E-state index in [9.17, 15) is 35.9 Å². The molecule has 0 aliphatic heterocycles. The molecule has 0 atom stereocenters. The van der Waals surface area contributed by atoms with E-state index in [-0.39, 0.29) is 29.4 Å². The summed E-state index contributed by atoms with van der Waals surface area (Å²) in [4.78, 5) is 49.7. The highest BCUT2D eigenvalue weighted by atomic mass is 35.5. The zero-order chi connectivity index (χ0) is 50.3. The monoisotopic (exact) mass is 990 g/mol. The number of amides is 2. The summed E-state index contributed by atoms with van der Waals surface area (Å²) in [5.74, 6) is 1.38. The van der Waals surface area contributed by atoms with Crippen LogP contribution in [0.25, 0.3) is 22.8 Å². The van der Waals surface area contributed by atoms with Crippen molar-refractivity contribution in [1.29, 1.82) is 0 Å². The normalized spacial score (nSPS) is 12.5. The molecule has 5 heterocycles. The Bertz CT molecular complexity index is 2980. The highest BCUT2D eigenvalue weighted by molar-refractivity contribution is 6.28. The van der Waals surface area contributed by atoms with Crippen LogP contribution in [0.15, 0.2) is 79.4 Å². The summed E-state index contributed by atoms with van der Waals surface area (Å²) >= 11 is 5.84. The molecule has 2 amide bonds. The van der Waals surface area contributed by atoms with Crippen molar-refractivity contribution in [2.24, 2.45) is 0 Å². The van der Waals surface area contributed by atoms with Crippen molar-refractivity contribution in [1.82, 2.24) is 49.5 Å². The van der Waals surface area contributed by atoms with Crippen LogP contribution in [0, 0.1) is 13.8 Å². The van der Waals surface area contributed by atoms with Crippen molar-refractivity contribution < 1.29 is 40.7 Å². The summed E-state index contributed by atoms with van der Waals surface area (Å²) in [6, 6.07) is 15.8. The molecule has 366 valence electrons. The molecule has 2 aromatic carbocycles. The smallest absolute Gasteiger partial charge is 0.435 e. The van der Waals surface area contributed by atoms with Gasteiger partial charge >= 0.3 is 12.4 Å². The number of carbonyl (C=O) groups excluding carboxylic acids is 2. The van der Waals surface area contributed by atoms with E-state index >= 15 is 0 Å². The minimum Gasteiger partial charge on any atom is -0.480 e. The van der Waals surface area contributed by atoms with Crippen LogP contribution < -0.4 is 26.0 Å². The van der Waals surface area contributed by atoms with Crippen molar-refractivity contribution in [2.75, 3.05) is 28.4 Å². The van der Waals surface area contributed by atoms with Crippen molar-refractivity contribution >= 4 is 46.4 Å². The Morgan fingerprint density at radius 3 is 1.60 bits per heavy atom. The number of aromatic nitrogens is 10.